The van der Waals surface area contributed by atoms with E-state index >= 15 is 0 Å². The zero-order valence-corrected chi connectivity index (χ0v) is 24.9. The van der Waals surface area contributed by atoms with E-state index < -0.39 is 12.2 Å². The number of nitrogens with one attached hydrogen (secondary N) is 1. The van der Waals surface area contributed by atoms with E-state index in [-0.39, 0.29) is 17.2 Å². The third kappa shape index (κ3) is 5.78. The molecule has 5 rings (SSSR count). The first-order valence-electron chi connectivity index (χ1n) is 13.9. The van der Waals surface area contributed by atoms with Gasteiger partial charge in [0.15, 0.2) is 6.10 Å². The average molecular weight is 573 g/mol. The van der Waals surface area contributed by atoms with Crippen molar-refractivity contribution < 1.29 is 19.0 Å². The quantitative estimate of drug-likeness (QED) is 0.195. The molecular formula is C32H36N4O4S. The van der Waals surface area contributed by atoms with Gasteiger partial charge in [0, 0.05) is 51.1 Å². The van der Waals surface area contributed by atoms with Crippen LogP contribution in [-0.4, -0.2) is 52.4 Å². The molecule has 0 fully saturated rings. The lowest BCUT2D eigenvalue weighted by atomic mass is 9.84. The number of benzene rings is 3. The van der Waals surface area contributed by atoms with E-state index in [9.17, 15) is 4.79 Å². The van der Waals surface area contributed by atoms with Gasteiger partial charge in [-0.2, -0.15) is 0 Å². The van der Waals surface area contributed by atoms with Gasteiger partial charge in [0.05, 0.1) is 17.2 Å². The molecule has 41 heavy (non-hydrogen) atoms. The maximum absolute atomic E-state index is 13.7. The van der Waals surface area contributed by atoms with Gasteiger partial charge >= 0.3 is 5.24 Å². The number of thiocarbonyl (C=S) groups is 1. The van der Waals surface area contributed by atoms with Crippen LogP contribution in [0.25, 0.3) is 11.0 Å². The number of unbranched alkanes of at least 4 members (excludes halogenated alkanes) is 1. The molecule has 1 amide bonds. The summed E-state index contributed by atoms with van der Waals surface area (Å²) in [6, 6.07) is 20.9. The number of imidazole rings is 1. The molecule has 0 saturated heterocycles. The number of carbonyl (C=O) groups is 1. The number of carbonyl (C=O) groups excluding carboxylic acids is 1. The first-order valence-corrected chi connectivity index (χ1v) is 14.3. The zero-order valence-electron chi connectivity index (χ0n) is 24.1. The molecule has 1 aliphatic rings. The van der Waals surface area contributed by atoms with Crippen LogP contribution in [0, 0.1) is 6.92 Å². The second-order valence-corrected chi connectivity index (χ2v) is 10.8. The molecule has 3 atom stereocenters. The molecule has 8 nitrogen and oxygen atoms in total. The molecule has 4 aromatic rings. The van der Waals surface area contributed by atoms with Crippen LogP contribution in [0.2, 0.25) is 0 Å². The first-order chi connectivity index (χ1) is 19.8. The standard InChI is InChI=1S/C32H36N4O4S/c1-6-7-18-38-29-25-23(31(37)35(3)4)19-24-27(33-20(2)36(24)5)28(25)34-26(21-14-10-8-11-15-21)30(29)40-32(41)39-22-16-12-9-13-17-22/h8-17,19,26,29-30,34H,6-7,18H2,1-5H3/t26-,29+,30-/m1/s1. The molecular weight excluding hydrogens is 536 g/mol. The lowest BCUT2D eigenvalue weighted by Crippen LogP contribution is -2.42. The van der Waals surface area contributed by atoms with Gasteiger partial charge in [-0.05, 0) is 37.1 Å². The Morgan fingerprint density at radius 2 is 1.78 bits per heavy atom. The van der Waals surface area contributed by atoms with Crippen LogP contribution in [0.5, 0.6) is 5.75 Å². The number of fused-ring (bicyclic) bond motifs is 3. The zero-order chi connectivity index (χ0) is 29.1. The summed E-state index contributed by atoms with van der Waals surface area (Å²) in [5.74, 6) is 1.29. The van der Waals surface area contributed by atoms with E-state index in [0.29, 0.717) is 23.5 Å². The fraction of sp³-hybridized carbons (Fsp3) is 0.344. The minimum Gasteiger partial charge on any atom is -0.448 e. The Morgan fingerprint density at radius 3 is 2.44 bits per heavy atom. The van der Waals surface area contributed by atoms with Crippen molar-refractivity contribution in [3.8, 4) is 5.75 Å². The molecule has 2 heterocycles. The predicted molar refractivity (Wildman–Crippen MR) is 164 cm³/mol. The minimum absolute atomic E-state index is 0.0216. The van der Waals surface area contributed by atoms with E-state index in [2.05, 4.69) is 12.2 Å². The number of aryl methyl sites for hydroxylation is 2. The Hall–Kier alpha value is -3.95. The smallest absolute Gasteiger partial charge is 0.358 e. The number of anilines is 1. The van der Waals surface area contributed by atoms with Gasteiger partial charge < -0.3 is 29.0 Å². The van der Waals surface area contributed by atoms with Crippen LogP contribution >= 0.6 is 12.2 Å². The van der Waals surface area contributed by atoms with Gasteiger partial charge in [-0.25, -0.2) is 4.98 Å². The van der Waals surface area contributed by atoms with E-state index in [1.807, 2.05) is 85.3 Å². The van der Waals surface area contributed by atoms with Crippen LogP contribution in [0.15, 0.2) is 66.7 Å². The Bertz CT molecular complexity index is 1540. The SMILES string of the molecule is CCCCO[C@H]1c2c(C(=O)N(C)C)cc3c(nc(C)n3C)c2N[C@H](c2ccccc2)[C@H]1OC(=S)Oc1ccccc1. The maximum Gasteiger partial charge on any atom is 0.358 e. The Balaban J connectivity index is 1.70. The average Bonchev–Trinajstić information content (AvgIpc) is 3.26. The molecule has 9 heteroatoms. The second-order valence-electron chi connectivity index (χ2n) is 10.4. The highest BCUT2D eigenvalue weighted by molar-refractivity contribution is 7.79. The van der Waals surface area contributed by atoms with Gasteiger partial charge in [0.1, 0.15) is 23.2 Å². The van der Waals surface area contributed by atoms with Crippen molar-refractivity contribution in [2.24, 2.45) is 7.05 Å². The molecule has 214 valence electrons. The number of nitrogens with zero attached hydrogens (tertiary/aromatic N) is 3. The fourth-order valence-corrected chi connectivity index (χ4v) is 5.41. The Morgan fingerprint density at radius 1 is 1.10 bits per heavy atom. The van der Waals surface area contributed by atoms with Crippen molar-refractivity contribution in [1.29, 1.82) is 0 Å². The normalized spacial score (nSPS) is 17.9. The van der Waals surface area contributed by atoms with Crippen molar-refractivity contribution in [3.05, 3.63) is 89.2 Å². The number of hydrogen-bond donors (Lipinski definition) is 1. The predicted octanol–water partition coefficient (Wildman–Crippen LogP) is 6.36. The van der Waals surface area contributed by atoms with Crippen LogP contribution in [0.3, 0.4) is 0 Å². The molecule has 1 N–H and O–H groups in total. The number of hydrogen-bond acceptors (Lipinski definition) is 7. The molecule has 0 unspecified atom stereocenters. The van der Waals surface area contributed by atoms with Crippen LogP contribution in [0.1, 0.15) is 59.2 Å². The van der Waals surface area contributed by atoms with Crippen LogP contribution < -0.4 is 10.1 Å². The van der Waals surface area contributed by atoms with E-state index in [4.69, 9.17) is 31.4 Å². The molecule has 1 aromatic heterocycles. The van der Waals surface area contributed by atoms with Crippen LogP contribution in [0.4, 0.5) is 5.69 Å². The highest BCUT2D eigenvalue weighted by atomic mass is 32.1. The summed E-state index contributed by atoms with van der Waals surface area (Å²) in [5, 5.41) is 3.68. The lowest BCUT2D eigenvalue weighted by molar-refractivity contribution is -0.0505. The molecule has 0 aliphatic carbocycles. The van der Waals surface area contributed by atoms with Gasteiger partial charge in [0.25, 0.3) is 5.91 Å². The summed E-state index contributed by atoms with van der Waals surface area (Å²) in [6.45, 7) is 4.56. The summed E-state index contributed by atoms with van der Waals surface area (Å²) in [7, 11) is 5.46. The van der Waals surface area contributed by atoms with Crippen molar-refractivity contribution in [3.63, 3.8) is 0 Å². The molecule has 0 bridgehead atoms. The van der Waals surface area contributed by atoms with E-state index in [1.54, 1.807) is 19.0 Å². The van der Waals surface area contributed by atoms with Crippen LogP contribution in [-0.2, 0) is 16.5 Å². The molecule has 0 radical (unpaired) electrons. The monoisotopic (exact) mass is 572 g/mol. The van der Waals surface area contributed by atoms with E-state index in [1.165, 1.54) is 0 Å². The highest BCUT2D eigenvalue weighted by Gasteiger charge is 2.44. The number of para-hydroxylation sites is 1. The molecule has 1 aliphatic heterocycles. The van der Waals surface area contributed by atoms with Crippen molar-refractivity contribution in [2.75, 3.05) is 26.0 Å². The molecule has 0 spiro atoms. The largest absolute Gasteiger partial charge is 0.448 e. The van der Waals surface area contributed by atoms with E-state index in [0.717, 1.165) is 41.0 Å². The summed E-state index contributed by atoms with van der Waals surface area (Å²) in [4.78, 5) is 20.2. The topological polar surface area (TPSA) is 77.9 Å². The summed E-state index contributed by atoms with van der Waals surface area (Å²) in [6.07, 6.45) is 0.539. The third-order valence-electron chi connectivity index (χ3n) is 7.42. The number of amides is 1. The molecule has 3 aromatic carbocycles. The Kier molecular flexibility index (Phi) is 8.56. The number of aromatic nitrogens is 2. The Labute approximate surface area is 246 Å². The highest BCUT2D eigenvalue weighted by Crippen LogP contribution is 2.47. The van der Waals surface area contributed by atoms with Gasteiger partial charge in [0.2, 0.25) is 0 Å². The number of rotatable bonds is 8. The van der Waals surface area contributed by atoms with Crippen molar-refractivity contribution in [2.45, 2.75) is 44.9 Å². The minimum atomic E-state index is -0.645. The summed E-state index contributed by atoms with van der Waals surface area (Å²) >= 11 is 5.61. The number of ether oxygens (including phenoxy) is 3. The fourth-order valence-electron chi connectivity index (χ4n) is 5.21. The van der Waals surface area contributed by atoms with Gasteiger partial charge in [-0.1, -0.05) is 61.9 Å². The molecule has 0 saturated carbocycles. The first kappa shape index (κ1) is 28.6. The third-order valence-corrected chi connectivity index (χ3v) is 7.60. The summed E-state index contributed by atoms with van der Waals surface area (Å²) < 4.78 is 21.0. The lowest BCUT2D eigenvalue weighted by Gasteiger charge is -2.41. The second kappa shape index (κ2) is 12.3. The summed E-state index contributed by atoms with van der Waals surface area (Å²) in [5.41, 5.74) is 4.64. The van der Waals surface area contributed by atoms with Crippen molar-refractivity contribution >= 4 is 40.1 Å². The van der Waals surface area contributed by atoms with Gasteiger partial charge in [-0.15, -0.1) is 0 Å². The van der Waals surface area contributed by atoms with Gasteiger partial charge in [-0.3, -0.25) is 4.79 Å². The van der Waals surface area contributed by atoms with Crippen molar-refractivity contribution in [1.82, 2.24) is 14.5 Å². The maximum atomic E-state index is 13.7.